The van der Waals surface area contributed by atoms with E-state index < -0.39 is 0 Å². The number of carbonyl (C=O) groups excluding carboxylic acids is 1. The Kier molecular flexibility index (Phi) is 4.71. The third kappa shape index (κ3) is 3.53. The topological polar surface area (TPSA) is 23.6 Å². The van der Waals surface area contributed by atoms with Crippen LogP contribution < -0.4 is 0 Å². The highest BCUT2D eigenvalue weighted by molar-refractivity contribution is 5.98. The molecule has 1 aromatic carbocycles. The van der Waals surface area contributed by atoms with E-state index in [-0.39, 0.29) is 5.78 Å². The second-order valence-corrected chi connectivity index (χ2v) is 6.51. The van der Waals surface area contributed by atoms with Crippen LogP contribution in [0.4, 0.5) is 0 Å². The van der Waals surface area contributed by atoms with Crippen molar-refractivity contribution < 1.29 is 4.79 Å². The molecule has 1 unspecified atom stereocenters. The number of carbonyl (C=O) groups is 1. The maximum absolute atomic E-state index is 12.4. The highest BCUT2D eigenvalue weighted by atomic mass is 16.1. The smallest absolute Gasteiger partial charge is 0.177 e. The van der Waals surface area contributed by atoms with Crippen LogP contribution in [-0.4, -0.2) is 54.3 Å². The number of aryl methyl sites for hydroxylation is 1. The molecule has 2 aliphatic rings. The van der Waals surface area contributed by atoms with Crippen molar-refractivity contribution >= 4 is 5.78 Å². The van der Waals surface area contributed by atoms with Gasteiger partial charge in [-0.05, 0) is 44.8 Å². The minimum atomic E-state index is 0.271. The maximum Gasteiger partial charge on any atom is 0.177 e. The quantitative estimate of drug-likeness (QED) is 0.795. The van der Waals surface area contributed by atoms with Gasteiger partial charge in [0.25, 0.3) is 0 Å². The lowest BCUT2D eigenvalue weighted by Gasteiger charge is -2.32. The van der Waals surface area contributed by atoms with Gasteiger partial charge in [0.2, 0.25) is 0 Å². The van der Waals surface area contributed by atoms with Gasteiger partial charge in [-0.25, -0.2) is 0 Å². The molecule has 0 radical (unpaired) electrons. The van der Waals surface area contributed by atoms with Gasteiger partial charge in [0.05, 0.1) is 6.54 Å². The summed E-state index contributed by atoms with van der Waals surface area (Å²) in [6, 6.07) is 8.61. The van der Waals surface area contributed by atoms with Crippen LogP contribution in [0.1, 0.15) is 41.6 Å². The number of hydrogen-bond donors (Lipinski definition) is 0. The van der Waals surface area contributed by atoms with Crippen LogP contribution in [-0.2, 0) is 0 Å². The zero-order chi connectivity index (χ0) is 14.7. The third-order valence-corrected chi connectivity index (χ3v) is 4.97. The Hall–Kier alpha value is -1.19. The average Bonchev–Trinajstić information content (AvgIpc) is 2.97. The van der Waals surface area contributed by atoms with Gasteiger partial charge < -0.3 is 0 Å². The lowest BCUT2D eigenvalue weighted by molar-refractivity contribution is 0.0935. The molecule has 3 rings (SSSR count). The molecule has 0 bridgehead atoms. The predicted molar refractivity (Wildman–Crippen MR) is 85.8 cm³/mol. The number of likely N-dealkylation sites (tertiary alicyclic amines) is 2. The fraction of sp³-hybridized carbons (Fsp3) is 0.611. The molecular formula is C18H26N2O. The molecule has 1 aromatic rings. The van der Waals surface area contributed by atoms with Crippen molar-refractivity contribution in [3.8, 4) is 0 Å². The van der Waals surface area contributed by atoms with E-state index in [0.29, 0.717) is 12.6 Å². The first-order chi connectivity index (χ1) is 10.2. The molecule has 0 amide bonds. The summed E-state index contributed by atoms with van der Waals surface area (Å²) in [5.41, 5.74) is 1.98. The van der Waals surface area contributed by atoms with E-state index >= 15 is 0 Å². The number of hydrogen-bond acceptors (Lipinski definition) is 3. The number of ketones is 1. The summed E-state index contributed by atoms with van der Waals surface area (Å²) < 4.78 is 0. The first-order valence-electron chi connectivity index (χ1n) is 8.29. The van der Waals surface area contributed by atoms with Crippen LogP contribution in [0.15, 0.2) is 24.3 Å². The Morgan fingerprint density at radius 3 is 2.67 bits per heavy atom. The zero-order valence-corrected chi connectivity index (χ0v) is 13.1. The molecule has 2 heterocycles. The minimum Gasteiger partial charge on any atom is -0.299 e. The molecule has 0 aliphatic carbocycles. The Labute approximate surface area is 127 Å². The highest BCUT2D eigenvalue weighted by Crippen LogP contribution is 2.20. The van der Waals surface area contributed by atoms with Gasteiger partial charge in [-0.2, -0.15) is 0 Å². The molecule has 1 atom stereocenters. The van der Waals surface area contributed by atoms with Crippen molar-refractivity contribution in [2.24, 2.45) is 0 Å². The summed E-state index contributed by atoms with van der Waals surface area (Å²) in [7, 11) is 0. The lowest BCUT2D eigenvalue weighted by atomic mass is 10.0. The number of benzene rings is 1. The molecule has 2 saturated heterocycles. The van der Waals surface area contributed by atoms with Gasteiger partial charge in [-0.15, -0.1) is 0 Å². The first-order valence-corrected chi connectivity index (χ1v) is 8.29. The molecule has 0 saturated carbocycles. The van der Waals surface area contributed by atoms with Crippen molar-refractivity contribution in [1.29, 1.82) is 0 Å². The maximum atomic E-state index is 12.4. The summed E-state index contributed by atoms with van der Waals surface area (Å²) in [6.07, 6.45) is 5.30. The summed E-state index contributed by atoms with van der Waals surface area (Å²) in [6.45, 7) is 7.24. The third-order valence-electron chi connectivity index (χ3n) is 4.97. The molecule has 114 valence electrons. The standard InChI is InChI=1S/C18H26N2O/c1-15-7-3-4-8-17(15)18(21)14-19-12-9-16(13-19)20-10-5-2-6-11-20/h3-4,7-8,16H,2,5-6,9-14H2,1H3. The van der Waals surface area contributed by atoms with Crippen molar-refractivity contribution in [2.45, 2.75) is 38.6 Å². The van der Waals surface area contributed by atoms with Gasteiger partial charge in [0, 0.05) is 24.7 Å². The molecule has 2 fully saturated rings. The summed E-state index contributed by atoms with van der Waals surface area (Å²) in [5, 5.41) is 0. The van der Waals surface area contributed by atoms with E-state index in [1.165, 1.54) is 38.8 Å². The number of rotatable bonds is 4. The molecule has 0 spiro atoms. The van der Waals surface area contributed by atoms with Crippen LogP contribution in [0.5, 0.6) is 0 Å². The van der Waals surface area contributed by atoms with Crippen molar-refractivity contribution in [3.05, 3.63) is 35.4 Å². The molecule has 3 nitrogen and oxygen atoms in total. The number of Topliss-reactive ketones (excluding diaryl/α,β-unsaturated/α-hetero) is 1. The minimum absolute atomic E-state index is 0.271. The Balaban J connectivity index is 1.55. The van der Waals surface area contributed by atoms with Crippen LogP contribution in [0, 0.1) is 6.92 Å². The fourth-order valence-electron chi connectivity index (χ4n) is 3.71. The van der Waals surface area contributed by atoms with Gasteiger partial charge >= 0.3 is 0 Å². The van der Waals surface area contributed by atoms with E-state index in [1.807, 2.05) is 31.2 Å². The van der Waals surface area contributed by atoms with Crippen molar-refractivity contribution in [3.63, 3.8) is 0 Å². The van der Waals surface area contributed by atoms with Gasteiger partial charge in [-0.3, -0.25) is 14.6 Å². The largest absolute Gasteiger partial charge is 0.299 e. The van der Waals surface area contributed by atoms with E-state index in [0.717, 1.165) is 24.2 Å². The second-order valence-electron chi connectivity index (χ2n) is 6.51. The molecule has 3 heteroatoms. The van der Waals surface area contributed by atoms with E-state index in [1.54, 1.807) is 0 Å². The monoisotopic (exact) mass is 286 g/mol. The van der Waals surface area contributed by atoms with Crippen molar-refractivity contribution in [1.82, 2.24) is 9.80 Å². The number of piperidine rings is 1. The fourth-order valence-corrected chi connectivity index (χ4v) is 3.71. The summed E-state index contributed by atoms with van der Waals surface area (Å²) in [4.78, 5) is 17.4. The van der Waals surface area contributed by atoms with Crippen LogP contribution in [0.25, 0.3) is 0 Å². The predicted octanol–water partition coefficient (Wildman–Crippen LogP) is 2.74. The normalized spacial score (nSPS) is 24.3. The molecule has 2 aliphatic heterocycles. The Morgan fingerprint density at radius 2 is 1.90 bits per heavy atom. The molecular weight excluding hydrogens is 260 g/mol. The zero-order valence-electron chi connectivity index (χ0n) is 13.1. The molecule has 0 N–H and O–H groups in total. The highest BCUT2D eigenvalue weighted by Gasteiger charge is 2.29. The van der Waals surface area contributed by atoms with E-state index in [4.69, 9.17) is 0 Å². The van der Waals surface area contributed by atoms with Crippen LogP contribution >= 0.6 is 0 Å². The molecule has 0 aromatic heterocycles. The lowest BCUT2D eigenvalue weighted by Crippen LogP contribution is -2.41. The SMILES string of the molecule is Cc1ccccc1C(=O)CN1CCC(N2CCCCC2)C1. The van der Waals surface area contributed by atoms with Gasteiger partial charge in [-0.1, -0.05) is 30.7 Å². The van der Waals surface area contributed by atoms with Crippen LogP contribution in [0.3, 0.4) is 0 Å². The molecule has 21 heavy (non-hydrogen) atoms. The average molecular weight is 286 g/mol. The first kappa shape index (κ1) is 14.7. The van der Waals surface area contributed by atoms with Gasteiger partial charge in [0.15, 0.2) is 5.78 Å². The van der Waals surface area contributed by atoms with Gasteiger partial charge in [0.1, 0.15) is 0 Å². The van der Waals surface area contributed by atoms with Crippen LogP contribution in [0.2, 0.25) is 0 Å². The second kappa shape index (κ2) is 6.71. The Bertz CT molecular complexity index is 494. The van der Waals surface area contributed by atoms with Crippen molar-refractivity contribution in [2.75, 3.05) is 32.7 Å². The number of nitrogens with zero attached hydrogens (tertiary/aromatic N) is 2. The van der Waals surface area contributed by atoms with E-state index in [2.05, 4.69) is 9.80 Å². The Morgan fingerprint density at radius 1 is 1.14 bits per heavy atom. The summed E-state index contributed by atoms with van der Waals surface area (Å²) in [5.74, 6) is 0.271. The summed E-state index contributed by atoms with van der Waals surface area (Å²) >= 11 is 0. The van der Waals surface area contributed by atoms with E-state index in [9.17, 15) is 4.79 Å².